The lowest BCUT2D eigenvalue weighted by Gasteiger charge is -2.14. The van der Waals surface area contributed by atoms with Gasteiger partial charge in [0.25, 0.3) is 5.91 Å². The Labute approximate surface area is 181 Å². The van der Waals surface area contributed by atoms with E-state index < -0.39 is 18.0 Å². The quantitative estimate of drug-likeness (QED) is 0.398. The van der Waals surface area contributed by atoms with Gasteiger partial charge in [-0.05, 0) is 31.2 Å². The van der Waals surface area contributed by atoms with Gasteiger partial charge in [0, 0.05) is 5.56 Å². The van der Waals surface area contributed by atoms with Gasteiger partial charge in [0.2, 0.25) is 5.89 Å². The first kappa shape index (κ1) is 21.2. The largest absolute Gasteiger partial charge is 0.452 e. The third-order valence-electron chi connectivity index (χ3n) is 3.84. The van der Waals surface area contributed by atoms with Gasteiger partial charge in [-0.2, -0.15) is 0 Å². The van der Waals surface area contributed by atoms with Crippen molar-refractivity contribution in [3.05, 3.63) is 69.5 Å². The molecular formula is C20H15Cl3N2O4. The van der Waals surface area contributed by atoms with Crippen LogP contribution < -0.4 is 5.32 Å². The maximum atomic E-state index is 12.3. The fourth-order valence-corrected chi connectivity index (χ4v) is 2.99. The van der Waals surface area contributed by atoms with E-state index >= 15 is 0 Å². The van der Waals surface area contributed by atoms with Crippen molar-refractivity contribution < 1.29 is 18.7 Å². The van der Waals surface area contributed by atoms with E-state index in [1.807, 2.05) is 30.3 Å². The maximum Gasteiger partial charge on any atom is 0.312 e. The number of benzene rings is 2. The molecule has 0 bridgehead atoms. The van der Waals surface area contributed by atoms with Crippen LogP contribution in [0, 0.1) is 0 Å². The Morgan fingerprint density at radius 2 is 1.79 bits per heavy atom. The minimum absolute atomic E-state index is 0.137. The molecule has 0 aliphatic rings. The number of esters is 1. The summed E-state index contributed by atoms with van der Waals surface area (Å²) >= 11 is 17.8. The van der Waals surface area contributed by atoms with E-state index in [1.54, 1.807) is 0 Å². The topological polar surface area (TPSA) is 81.4 Å². The highest BCUT2D eigenvalue weighted by Gasteiger charge is 2.20. The monoisotopic (exact) mass is 452 g/mol. The lowest BCUT2D eigenvalue weighted by atomic mass is 10.2. The molecule has 1 atom stereocenters. The Hall–Kier alpha value is -2.54. The van der Waals surface area contributed by atoms with Crippen LogP contribution in [0.2, 0.25) is 15.1 Å². The van der Waals surface area contributed by atoms with E-state index in [0.29, 0.717) is 11.6 Å². The Balaban J connectivity index is 1.57. The molecule has 150 valence electrons. The van der Waals surface area contributed by atoms with Crippen molar-refractivity contribution >= 4 is 52.4 Å². The highest BCUT2D eigenvalue weighted by atomic mass is 35.5. The average Bonchev–Trinajstić information content (AvgIpc) is 3.15. The maximum absolute atomic E-state index is 12.3. The Morgan fingerprint density at radius 1 is 1.10 bits per heavy atom. The summed E-state index contributed by atoms with van der Waals surface area (Å²) in [6, 6.07) is 12.1. The fraction of sp³-hybridized carbons (Fsp3) is 0.150. The number of nitrogens with one attached hydrogen (secondary N) is 1. The zero-order valence-electron chi connectivity index (χ0n) is 15.1. The number of anilines is 1. The summed E-state index contributed by atoms with van der Waals surface area (Å²) in [6.45, 7) is 1.44. The van der Waals surface area contributed by atoms with Gasteiger partial charge in [-0.25, -0.2) is 4.98 Å². The van der Waals surface area contributed by atoms with Crippen LogP contribution in [0.5, 0.6) is 0 Å². The number of carbonyl (C=O) groups is 2. The summed E-state index contributed by atoms with van der Waals surface area (Å²) in [7, 11) is 0. The van der Waals surface area contributed by atoms with Crippen LogP contribution in [0.4, 0.5) is 5.69 Å². The molecule has 6 nitrogen and oxygen atoms in total. The van der Waals surface area contributed by atoms with Crippen molar-refractivity contribution in [3.8, 4) is 11.5 Å². The molecule has 2 aromatic carbocycles. The molecule has 0 radical (unpaired) electrons. The van der Waals surface area contributed by atoms with Gasteiger partial charge in [0.15, 0.2) is 6.10 Å². The lowest BCUT2D eigenvalue weighted by Crippen LogP contribution is -2.30. The van der Waals surface area contributed by atoms with Crippen molar-refractivity contribution in [1.29, 1.82) is 0 Å². The second-order valence-corrected chi connectivity index (χ2v) is 7.28. The summed E-state index contributed by atoms with van der Waals surface area (Å²) < 4.78 is 10.5. The number of oxazole rings is 1. The third-order valence-corrected chi connectivity index (χ3v) is 4.88. The summed E-state index contributed by atoms with van der Waals surface area (Å²) in [4.78, 5) is 28.7. The lowest BCUT2D eigenvalue weighted by molar-refractivity contribution is -0.152. The SMILES string of the molecule is CC(OC(=O)Cc1coc(-c2ccccc2)n1)C(=O)Nc1cc(Cl)c(Cl)cc1Cl. The normalized spacial score (nSPS) is 11.7. The molecule has 0 saturated heterocycles. The van der Waals surface area contributed by atoms with E-state index in [1.165, 1.54) is 25.3 Å². The minimum Gasteiger partial charge on any atom is -0.452 e. The van der Waals surface area contributed by atoms with E-state index in [2.05, 4.69) is 10.3 Å². The molecule has 1 unspecified atom stereocenters. The summed E-state index contributed by atoms with van der Waals surface area (Å²) in [5, 5.41) is 3.25. The molecule has 1 amide bonds. The molecular weight excluding hydrogens is 439 g/mol. The van der Waals surface area contributed by atoms with Crippen molar-refractivity contribution in [2.45, 2.75) is 19.4 Å². The average molecular weight is 454 g/mol. The van der Waals surface area contributed by atoms with E-state index in [-0.39, 0.29) is 27.2 Å². The van der Waals surface area contributed by atoms with E-state index in [9.17, 15) is 9.59 Å². The number of nitrogens with zero attached hydrogens (tertiary/aromatic N) is 1. The predicted octanol–water partition coefficient (Wildman–Crippen LogP) is 5.41. The van der Waals surface area contributed by atoms with Crippen LogP contribution in [-0.2, 0) is 20.7 Å². The summed E-state index contributed by atoms with van der Waals surface area (Å²) in [5.74, 6) is -0.794. The molecule has 0 aliphatic heterocycles. The predicted molar refractivity (Wildman–Crippen MR) is 111 cm³/mol. The summed E-state index contributed by atoms with van der Waals surface area (Å²) in [6.07, 6.45) is 0.180. The molecule has 9 heteroatoms. The van der Waals surface area contributed by atoms with E-state index in [0.717, 1.165) is 5.56 Å². The highest BCUT2D eigenvalue weighted by Crippen LogP contribution is 2.32. The molecule has 0 aliphatic carbocycles. The van der Waals surface area contributed by atoms with Gasteiger partial charge >= 0.3 is 5.97 Å². The zero-order chi connectivity index (χ0) is 21.0. The zero-order valence-corrected chi connectivity index (χ0v) is 17.4. The number of aromatic nitrogens is 1. The molecule has 0 saturated carbocycles. The van der Waals surface area contributed by atoms with Crippen LogP contribution >= 0.6 is 34.8 Å². The van der Waals surface area contributed by atoms with Crippen LogP contribution in [0.25, 0.3) is 11.5 Å². The van der Waals surface area contributed by atoms with Gasteiger partial charge < -0.3 is 14.5 Å². The van der Waals surface area contributed by atoms with Crippen molar-refractivity contribution in [3.63, 3.8) is 0 Å². The fourth-order valence-electron chi connectivity index (χ4n) is 2.39. The smallest absolute Gasteiger partial charge is 0.312 e. The number of carbonyl (C=O) groups excluding carboxylic acids is 2. The van der Waals surface area contributed by atoms with Gasteiger partial charge in [-0.1, -0.05) is 53.0 Å². The number of rotatable bonds is 6. The Morgan fingerprint density at radius 3 is 2.52 bits per heavy atom. The molecule has 1 aromatic heterocycles. The van der Waals surface area contributed by atoms with Gasteiger partial charge in [-0.15, -0.1) is 0 Å². The van der Waals surface area contributed by atoms with Crippen molar-refractivity contribution in [2.24, 2.45) is 0 Å². The second kappa shape index (κ2) is 9.31. The molecule has 0 spiro atoms. The number of hydrogen-bond acceptors (Lipinski definition) is 5. The third kappa shape index (κ3) is 5.50. The van der Waals surface area contributed by atoms with Crippen LogP contribution in [0.1, 0.15) is 12.6 Å². The highest BCUT2D eigenvalue weighted by molar-refractivity contribution is 6.44. The van der Waals surface area contributed by atoms with Crippen molar-refractivity contribution in [1.82, 2.24) is 4.98 Å². The molecule has 1 N–H and O–H groups in total. The van der Waals surface area contributed by atoms with Crippen LogP contribution in [0.15, 0.2) is 53.1 Å². The molecule has 3 rings (SSSR count). The Kier molecular flexibility index (Phi) is 6.79. The van der Waals surface area contributed by atoms with Gasteiger partial charge in [0.1, 0.15) is 6.26 Å². The molecule has 3 aromatic rings. The molecule has 0 fully saturated rings. The van der Waals surface area contributed by atoms with E-state index in [4.69, 9.17) is 44.0 Å². The molecule has 29 heavy (non-hydrogen) atoms. The van der Waals surface area contributed by atoms with Gasteiger partial charge in [0.05, 0.1) is 32.9 Å². The number of amides is 1. The van der Waals surface area contributed by atoms with Gasteiger partial charge in [-0.3, -0.25) is 9.59 Å². The summed E-state index contributed by atoms with van der Waals surface area (Å²) in [5.41, 5.74) is 1.45. The van der Waals surface area contributed by atoms with Crippen LogP contribution in [0.3, 0.4) is 0 Å². The molecule has 1 heterocycles. The first-order valence-corrected chi connectivity index (χ1v) is 9.61. The first-order chi connectivity index (χ1) is 13.8. The van der Waals surface area contributed by atoms with Crippen molar-refractivity contribution in [2.75, 3.05) is 5.32 Å². The minimum atomic E-state index is -1.06. The first-order valence-electron chi connectivity index (χ1n) is 8.48. The Bertz CT molecular complexity index is 1040. The number of ether oxygens (including phenoxy) is 1. The van der Waals surface area contributed by atoms with Crippen LogP contribution in [-0.4, -0.2) is 23.0 Å². The standard InChI is InChI=1S/C20H15Cl3N2O4/c1-11(19(27)25-17-9-15(22)14(21)8-16(17)23)29-18(26)7-13-10-28-20(24-13)12-5-3-2-4-6-12/h2-6,8-11H,7H2,1H3,(H,25,27). The second-order valence-electron chi connectivity index (χ2n) is 6.05. The number of halogens is 3. The number of hydrogen-bond donors (Lipinski definition) is 1.